The zero-order chi connectivity index (χ0) is 25.1. The fraction of sp³-hybridized carbons (Fsp3) is 0.435. The van der Waals surface area contributed by atoms with Crippen molar-refractivity contribution in [3.8, 4) is 0 Å². The van der Waals surface area contributed by atoms with Crippen LogP contribution in [0.25, 0.3) is 0 Å². The van der Waals surface area contributed by atoms with Crippen molar-refractivity contribution in [2.75, 3.05) is 13.1 Å². The van der Waals surface area contributed by atoms with Crippen LogP contribution in [-0.4, -0.2) is 48.2 Å². The van der Waals surface area contributed by atoms with Gasteiger partial charge in [0.2, 0.25) is 0 Å². The highest BCUT2D eigenvalue weighted by Gasteiger charge is 2.39. The Morgan fingerprint density at radius 3 is 2.44 bits per heavy atom. The number of halogens is 2. The summed E-state index contributed by atoms with van der Waals surface area (Å²) in [5.41, 5.74) is 4.41. The first-order chi connectivity index (χ1) is 15.9. The van der Waals surface area contributed by atoms with Crippen LogP contribution in [-0.2, 0) is 21.3 Å². The van der Waals surface area contributed by atoms with E-state index in [1.807, 2.05) is 6.92 Å². The van der Waals surface area contributed by atoms with Crippen molar-refractivity contribution in [1.29, 1.82) is 0 Å². The number of hydrogen-bond acceptors (Lipinski definition) is 6. The average molecular weight is 557 g/mol. The number of carbonyl (C=O) groups excluding carboxylic acids is 1. The Kier molecular flexibility index (Phi) is 8.35. The van der Waals surface area contributed by atoms with Crippen molar-refractivity contribution in [2.45, 2.75) is 55.7 Å². The third kappa shape index (κ3) is 6.76. The highest BCUT2D eigenvalue weighted by Crippen LogP contribution is 2.33. The number of benzene rings is 2. The zero-order valence-electron chi connectivity index (χ0n) is 19.6. The molecule has 0 saturated carbocycles. The van der Waals surface area contributed by atoms with Crippen LogP contribution < -0.4 is 10.3 Å². The molecule has 1 amide bonds. The van der Waals surface area contributed by atoms with Gasteiger partial charge in [0.1, 0.15) is 10.6 Å². The van der Waals surface area contributed by atoms with E-state index >= 15 is 0 Å². The van der Waals surface area contributed by atoms with E-state index in [4.69, 9.17) is 4.74 Å². The maximum atomic E-state index is 14.5. The van der Waals surface area contributed by atoms with E-state index in [0.29, 0.717) is 16.2 Å². The lowest BCUT2D eigenvalue weighted by Gasteiger charge is -2.41. The molecule has 186 valence electrons. The molecule has 0 radical (unpaired) electrons. The van der Waals surface area contributed by atoms with E-state index in [0.717, 1.165) is 5.56 Å². The first-order valence-electron chi connectivity index (χ1n) is 10.8. The molecular weight excluding hydrogens is 527 g/mol. The molecule has 0 spiro atoms. The largest absolute Gasteiger partial charge is 0.444 e. The van der Waals surface area contributed by atoms with Crippen LogP contribution in [0.15, 0.2) is 53.4 Å². The number of aryl methyl sites for hydroxylation is 1. The number of hydrazine groups is 1. The van der Waals surface area contributed by atoms with Gasteiger partial charge in [-0.3, -0.25) is 4.90 Å². The maximum absolute atomic E-state index is 14.5. The molecule has 2 unspecified atom stereocenters. The van der Waals surface area contributed by atoms with E-state index < -0.39 is 32.7 Å². The lowest BCUT2D eigenvalue weighted by molar-refractivity contribution is -0.0664. The van der Waals surface area contributed by atoms with Crippen molar-refractivity contribution in [3.63, 3.8) is 0 Å². The summed E-state index contributed by atoms with van der Waals surface area (Å²) in [6, 6.07) is 13.1. The van der Waals surface area contributed by atoms with Gasteiger partial charge < -0.3 is 4.74 Å². The molecule has 1 saturated heterocycles. The number of rotatable bonds is 6. The van der Waals surface area contributed by atoms with Crippen molar-refractivity contribution >= 4 is 32.0 Å². The summed E-state index contributed by atoms with van der Waals surface area (Å²) in [5, 5.41) is 0.635. The smallest absolute Gasteiger partial charge is 0.410 e. The van der Waals surface area contributed by atoms with E-state index in [1.54, 1.807) is 57.2 Å². The van der Waals surface area contributed by atoms with Gasteiger partial charge in [-0.05, 0) is 51.0 Å². The van der Waals surface area contributed by atoms with Gasteiger partial charge in [-0.1, -0.05) is 57.9 Å². The van der Waals surface area contributed by atoms with Crippen LogP contribution in [0.2, 0.25) is 0 Å². The van der Waals surface area contributed by atoms with Gasteiger partial charge in [-0.15, -0.1) is 14.4 Å². The fourth-order valence-electron chi connectivity index (χ4n) is 3.57. The highest BCUT2D eigenvalue weighted by atomic mass is 79.9. The molecule has 1 fully saturated rings. The van der Waals surface area contributed by atoms with Crippen molar-refractivity contribution in [2.24, 2.45) is 0 Å². The molecule has 2 aromatic rings. The number of nitrogens with one attached hydrogen (secondary N) is 2. The van der Waals surface area contributed by atoms with Gasteiger partial charge in [0.15, 0.2) is 0 Å². The highest BCUT2D eigenvalue weighted by molar-refractivity contribution is 9.09. The molecule has 2 N–H and O–H groups in total. The van der Waals surface area contributed by atoms with Gasteiger partial charge in [0, 0.05) is 6.54 Å². The lowest BCUT2D eigenvalue weighted by Crippen LogP contribution is -2.52. The van der Waals surface area contributed by atoms with Gasteiger partial charge in [-0.2, -0.15) is 0 Å². The number of sulfonamides is 1. The summed E-state index contributed by atoms with van der Waals surface area (Å²) in [6.45, 7) is 7.34. The Morgan fingerprint density at radius 2 is 1.79 bits per heavy atom. The number of piperazine rings is 1. The van der Waals surface area contributed by atoms with E-state index in [2.05, 4.69) is 26.2 Å². The van der Waals surface area contributed by atoms with Crippen molar-refractivity contribution < 1.29 is 22.4 Å². The molecule has 1 heterocycles. The zero-order valence-corrected chi connectivity index (χ0v) is 22.0. The minimum atomic E-state index is -3.77. The van der Waals surface area contributed by atoms with Crippen LogP contribution in [0.3, 0.4) is 0 Å². The molecule has 3 rings (SSSR count). The molecule has 2 aromatic carbocycles. The molecule has 0 aliphatic carbocycles. The van der Waals surface area contributed by atoms with E-state index in [-0.39, 0.29) is 24.5 Å². The molecule has 11 heteroatoms. The Labute approximate surface area is 208 Å². The van der Waals surface area contributed by atoms with Gasteiger partial charge in [-0.25, -0.2) is 18.6 Å². The summed E-state index contributed by atoms with van der Waals surface area (Å²) in [7, 11) is -3.77. The van der Waals surface area contributed by atoms with E-state index in [1.165, 1.54) is 17.0 Å². The normalized spacial score (nSPS) is 19.8. The molecule has 1 aliphatic rings. The molecule has 1 aliphatic heterocycles. The molecule has 34 heavy (non-hydrogen) atoms. The van der Waals surface area contributed by atoms with Gasteiger partial charge >= 0.3 is 6.09 Å². The first kappa shape index (κ1) is 26.6. The minimum Gasteiger partial charge on any atom is -0.444 e. The fourth-order valence-corrected chi connectivity index (χ4v) is 4.92. The van der Waals surface area contributed by atoms with Gasteiger partial charge in [0.05, 0.1) is 24.0 Å². The molecule has 8 nitrogen and oxygen atoms in total. The number of hydrogen-bond donors (Lipinski definition) is 2. The second-order valence-electron chi connectivity index (χ2n) is 9.14. The molecule has 0 aromatic heterocycles. The Hall–Kier alpha value is -2.05. The SMILES string of the molecule is Cc1ccc(S(=O)(=O)NNCc2ccccc2C2CN(F)C(Br)CN2C(=O)OC(C)(C)C)cc1. The molecular formula is C23H30BrFN4O4S. The number of nitrogens with zero attached hydrogens (tertiary/aromatic N) is 2. The predicted molar refractivity (Wildman–Crippen MR) is 131 cm³/mol. The Bertz CT molecular complexity index is 1110. The maximum Gasteiger partial charge on any atom is 0.410 e. The Morgan fingerprint density at radius 1 is 1.15 bits per heavy atom. The van der Waals surface area contributed by atoms with Gasteiger partial charge in [0.25, 0.3) is 10.0 Å². The number of alkyl halides is 1. The number of amides is 1. The summed E-state index contributed by atoms with van der Waals surface area (Å²) in [4.78, 5) is 16.3. The van der Waals surface area contributed by atoms with Crippen LogP contribution >= 0.6 is 15.9 Å². The summed E-state index contributed by atoms with van der Waals surface area (Å²) in [5.74, 6) is 0. The second kappa shape index (κ2) is 10.7. The summed E-state index contributed by atoms with van der Waals surface area (Å²) in [6.07, 6.45) is -0.544. The van der Waals surface area contributed by atoms with E-state index in [9.17, 15) is 17.7 Å². The monoisotopic (exact) mass is 556 g/mol. The van der Waals surface area contributed by atoms with Crippen LogP contribution in [0.1, 0.15) is 43.5 Å². The predicted octanol–water partition coefficient (Wildman–Crippen LogP) is 4.18. The number of carbonyl (C=O) groups is 1. The molecule has 2 atom stereocenters. The summed E-state index contributed by atoms with van der Waals surface area (Å²) >= 11 is 3.26. The molecule has 0 bridgehead atoms. The lowest BCUT2D eigenvalue weighted by atomic mass is 9.97. The quantitative estimate of drug-likeness (QED) is 0.240. The average Bonchev–Trinajstić information content (AvgIpc) is 2.75. The van der Waals surface area contributed by atoms with Crippen LogP contribution in [0.5, 0.6) is 0 Å². The van der Waals surface area contributed by atoms with Crippen molar-refractivity contribution in [3.05, 3.63) is 65.2 Å². The van der Waals surface area contributed by atoms with Crippen molar-refractivity contribution in [1.82, 2.24) is 20.3 Å². The summed E-state index contributed by atoms with van der Waals surface area (Å²) < 4.78 is 45.2. The van der Waals surface area contributed by atoms with Crippen LogP contribution in [0.4, 0.5) is 9.28 Å². The Balaban J connectivity index is 1.79. The van der Waals surface area contributed by atoms with Crippen LogP contribution in [0, 0.1) is 6.92 Å². The standard InChI is InChI=1S/C23H30BrFN4O4S/c1-16-9-11-18(12-10-16)34(31,32)27-26-13-17-7-5-6-8-19(17)20-14-29(25)21(24)15-28(20)22(30)33-23(2,3)4/h5-12,20-21,26-27H,13-15H2,1-4H3. The second-order valence-corrected chi connectivity index (χ2v) is 11.9. The first-order valence-corrected chi connectivity index (χ1v) is 13.2. The number of ether oxygens (including phenoxy) is 1. The third-order valence-corrected chi connectivity index (χ3v) is 7.27. The minimum absolute atomic E-state index is 0.0682. The topological polar surface area (TPSA) is 91.0 Å². The third-order valence-electron chi connectivity index (χ3n) is 5.23.